The number of nitrogens with zero attached hydrogens (tertiary/aromatic N) is 1. The van der Waals surface area contributed by atoms with Crippen LogP contribution in [0.5, 0.6) is 0 Å². The van der Waals surface area contributed by atoms with E-state index in [-0.39, 0.29) is 5.82 Å². The van der Waals surface area contributed by atoms with Crippen molar-refractivity contribution in [3.63, 3.8) is 0 Å². The van der Waals surface area contributed by atoms with Gasteiger partial charge in [0, 0.05) is 13.6 Å². The van der Waals surface area contributed by atoms with E-state index in [0.29, 0.717) is 5.69 Å². The monoisotopic (exact) mass is 166 g/mol. The third-order valence-electron chi connectivity index (χ3n) is 1.76. The second-order valence-corrected chi connectivity index (χ2v) is 2.73. The van der Waals surface area contributed by atoms with Gasteiger partial charge in [-0.1, -0.05) is 19.1 Å². The van der Waals surface area contributed by atoms with Crippen molar-refractivity contribution in [1.82, 2.24) is 0 Å². The maximum atomic E-state index is 13.1. The van der Waals surface area contributed by atoms with Crippen molar-refractivity contribution < 1.29 is 4.39 Å². The van der Waals surface area contributed by atoms with E-state index in [4.69, 9.17) is 0 Å². The van der Waals surface area contributed by atoms with Crippen molar-refractivity contribution in [1.29, 1.82) is 0 Å². The molecule has 0 aliphatic carbocycles. The summed E-state index contributed by atoms with van der Waals surface area (Å²) in [6.45, 7) is 4.50. The van der Waals surface area contributed by atoms with Crippen molar-refractivity contribution in [2.24, 2.45) is 0 Å². The van der Waals surface area contributed by atoms with Crippen LogP contribution in [-0.2, 0) is 0 Å². The van der Waals surface area contributed by atoms with Crippen molar-refractivity contribution in [2.75, 3.05) is 18.5 Å². The molecular weight excluding hydrogens is 153 g/mol. The van der Waals surface area contributed by atoms with Crippen LogP contribution < -0.4 is 4.90 Å². The van der Waals surface area contributed by atoms with Gasteiger partial charge in [-0.05, 0) is 18.6 Å². The lowest BCUT2D eigenvalue weighted by Crippen LogP contribution is -2.18. The van der Waals surface area contributed by atoms with Crippen LogP contribution in [0.4, 0.5) is 10.1 Å². The molecule has 2 heteroatoms. The van der Waals surface area contributed by atoms with Crippen LogP contribution in [0.1, 0.15) is 6.42 Å². The Hall–Kier alpha value is -1.05. The minimum absolute atomic E-state index is 0.173. The topological polar surface area (TPSA) is 3.24 Å². The van der Waals surface area contributed by atoms with Crippen molar-refractivity contribution in [3.05, 3.63) is 37.0 Å². The van der Waals surface area contributed by atoms with Gasteiger partial charge in [-0.25, -0.2) is 4.39 Å². The van der Waals surface area contributed by atoms with Gasteiger partial charge in [0.1, 0.15) is 5.82 Å². The zero-order valence-corrected chi connectivity index (χ0v) is 7.26. The third-order valence-corrected chi connectivity index (χ3v) is 1.76. The highest BCUT2D eigenvalue weighted by molar-refractivity contribution is 5.46. The van der Waals surface area contributed by atoms with Gasteiger partial charge in [-0.15, -0.1) is 0 Å². The van der Waals surface area contributed by atoms with Crippen LogP contribution in [0, 0.1) is 12.7 Å². The van der Waals surface area contributed by atoms with Crippen LogP contribution >= 0.6 is 0 Å². The standard InChI is InChI=1S/C10H13FN/c1-3-8-12(2)10-7-5-4-6-9(10)11/h4-7H,1,3,8H2,2H3. The minimum atomic E-state index is -0.173. The number of halogens is 1. The Morgan fingerprint density at radius 3 is 2.67 bits per heavy atom. The SMILES string of the molecule is [CH2]CCN(C)c1ccccc1F. The predicted molar refractivity (Wildman–Crippen MR) is 49.6 cm³/mol. The van der Waals surface area contributed by atoms with E-state index >= 15 is 0 Å². The molecule has 0 amide bonds. The van der Waals surface area contributed by atoms with Crippen LogP contribution in [-0.4, -0.2) is 13.6 Å². The molecule has 1 aromatic rings. The highest BCUT2D eigenvalue weighted by Gasteiger charge is 2.03. The molecule has 0 aromatic heterocycles. The van der Waals surface area contributed by atoms with Crippen LogP contribution in [0.3, 0.4) is 0 Å². The average molecular weight is 166 g/mol. The van der Waals surface area contributed by atoms with Gasteiger partial charge in [0.2, 0.25) is 0 Å². The van der Waals surface area contributed by atoms with E-state index in [2.05, 4.69) is 6.92 Å². The normalized spacial score (nSPS) is 9.92. The Labute approximate surface area is 72.8 Å². The number of hydrogen-bond acceptors (Lipinski definition) is 1. The van der Waals surface area contributed by atoms with E-state index in [1.165, 1.54) is 6.07 Å². The number of hydrogen-bond donors (Lipinski definition) is 0. The Morgan fingerprint density at radius 1 is 1.42 bits per heavy atom. The Kier molecular flexibility index (Phi) is 3.09. The van der Waals surface area contributed by atoms with Gasteiger partial charge in [0.25, 0.3) is 0 Å². The van der Waals surface area contributed by atoms with E-state index in [9.17, 15) is 4.39 Å². The Balaban J connectivity index is 2.79. The largest absolute Gasteiger partial charge is 0.372 e. The number of para-hydroxylation sites is 1. The molecule has 0 atom stereocenters. The molecule has 1 rings (SSSR count). The number of benzene rings is 1. The summed E-state index contributed by atoms with van der Waals surface area (Å²) in [6.07, 6.45) is 0.783. The second kappa shape index (κ2) is 4.10. The third kappa shape index (κ3) is 1.97. The zero-order valence-electron chi connectivity index (χ0n) is 7.26. The summed E-state index contributed by atoms with van der Waals surface area (Å²) in [5.41, 5.74) is 0.640. The van der Waals surface area contributed by atoms with Gasteiger partial charge in [0.05, 0.1) is 5.69 Å². The molecule has 12 heavy (non-hydrogen) atoms. The molecule has 65 valence electrons. The lowest BCUT2D eigenvalue weighted by atomic mass is 10.3. The van der Waals surface area contributed by atoms with Gasteiger partial charge < -0.3 is 4.90 Å². The lowest BCUT2D eigenvalue weighted by molar-refractivity contribution is 0.622. The summed E-state index contributed by atoms with van der Waals surface area (Å²) in [7, 11) is 1.86. The second-order valence-electron chi connectivity index (χ2n) is 2.73. The number of rotatable bonds is 3. The fourth-order valence-electron chi connectivity index (χ4n) is 1.12. The molecule has 1 nitrogen and oxygen atoms in total. The molecule has 0 bridgehead atoms. The zero-order chi connectivity index (χ0) is 8.97. The van der Waals surface area contributed by atoms with E-state index in [1.807, 2.05) is 18.0 Å². The molecule has 0 aliphatic rings. The first-order chi connectivity index (χ1) is 5.75. The molecule has 0 spiro atoms. The average Bonchev–Trinajstić information content (AvgIpc) is 2.05. The highest BCUT2D eigenvalue weighted by Crippen LogP contribution is 2.16. The van der Waals surface area contributed by atoms with Crippen molar-refractivity contribution >= 4 is 5.69 Å². The molecule has 0 aliphatic heterocycles. The van der Waals surface area contributed by atoms with Gasteiger partial charge in [-0.3, -0.25) is 0 Å². The smallest absolute Gasteiger partial charge is 0.146 e. The molecule has 1 aromatic carbocycles. The fraction of sp³-hybridized carbons (Fsp3) is 0.300. The Morgan fingerprint density at radius 2 is 2.08 bits per heavy atom. The van der Waals surface area contributed by atoms with Crippen molar-refractivity contribution in [3.8, 4) is 0 Å². The van der Waals surface area contributed by atoms with E-state index < -0.39 is 0 Å². The molecule has 1 radical (unpaired) electrons. The summed E-state index contributed by atoms with van der Waals surface area (Å²) in [6, 6.07) is 6.76. The van der Waals surface area contributed by atoms with Gasteiger partial charge >= 0.3 is 0 Å². The lowest BCUT2D eigenvalue weighted by Gasteiger charge is -2.18. The predicted octanol–water partition coefficient (Wildman–Crippen LogP) is 2.49. The van der Waals surface area contributed by atoms with E-state index in [1.54, 1.807) is 12.1 Å². The molecule has 0 saturated heterocycles. The first-order valence-electron chi connectivity index (χ1n) is 4.00. The van der Waals surface area contributed by atoms with E-state index in [0.717, 1.165) is 13.0 Å². The molecule has 0 heterocycles. The van der Waals surface area contributed by atoms with Gasteiger partial charge in [0.15, 0.2) is 0 Å². The molecular formula is C10H13FN. The summed E-state index contributed by atoms with van der Waals surface area (Å²) >= 11 is 0. The summed E-state index contributed by atoms with van der Waals surface area (Å²) in [5, 5.41) is 0. The molecule has 0 N–H and O–H groups in total. The first-order valence-corrected chi connectivity index (χ1v) is 4.00. The maximum Gasteiger partial charge on any atom is 0.146 e. The first kappa shape index (κ1) is 9.04. The van der Waals surface area contributed by atoms with Crippen LogP contribution in [0.15, 0.2) is 24.3 Å². The van der Waals surface area contributed by atoms with Gasteiger partial charge in [-0.2, -0.15) is 0 Å². The van der Waals surface area contributed by atoms with Crippen molar-refractivity contribution in [2.45, 2.75) is 6.42 Å². The molecule has 0 saturated carbocycles. The minimum Gasteiger partial charge on any atom is -0.372 e. The number of anilines is 1. The fourth-order valence-corrected chi connectivity index (χ4v) is 1.12. The molecule has 0 fully saturated rings. The maximum absolute atomic E-state index is 13.1. The Bertz CT molecular complexity index is 247. The van der Waals surface area contributed by atoms with Crippen LogP contribution in [0.25, 0.3) is 0 Å². The highest BCUT2D eigenvalue weighted by atomic mass is 19.1. The van der Waals surface area contributed by atoms with Crippen LogP contribution in [0.2, 0.25) is 0 Å². The summed E-state index contributed by atoms with van der Waals surface area (Å²) < 4.78 is 13.1. The molecule has 0 unspecified atom stereocenters. The summed E-state index contributed by atoms with van der Waals surface area (Å²) in [4.78, 5) is 1.86. The quantitative estimate of drug-likeness (QED) is 0.666. The summed E-state index contributed by atoms with van der Waals surface area (Å²) in [5.74, 6) is -0.173.